The Morgan fingerprint density at radius 3 is 2.81 bits per heavy atom. The van der Waals surface area contributed by atoms with E-state index in [4.69, 9.17) is 16.3 Å². The molecule has 0 spiro atoms. The molecule has 0 radical (unpaired) electrons. The summed E-state index contributed by atoms with van der Waals surface area (Å²) < 4.78 is 33.2. The van der Waals surface area contributed by atoms with Crippen molar-refractivity contribution >= 4 is 21.6 Å². The van der Waals surface area contributed by atoms with E-state index in [9.17, 15) is 8.42 Å². The molecule has 1 saturated heterocycles. The van der Waals surface area contributed by atoms with E-state index >= 15 is 0 Å². The maximum absolute atomic E-state index is 12.9. The second-order valence-corrected chi connectivity index (χ2v) is 8.09. The standard InChI is InChI=1S/C15H20ClNO3S/c1-11-6-7-12(10-13(11)16)21(18,19)17-8-9-20-15-5-3-2-4-14(15)17/h6-7,10,14-15H,2-5,8-9H2,1H3. The van der Waals surface area contributed by atoms with Crippen molar-refractivity contribution in [2.24, 2.45) is 0 Å². The first-order valence-electron chi connectivity index (χ1n) is 7.40. The highest BCUT2D eigenvalue weighted by Crippen LogP contribution is 2.33. The fourth-order valence-electron chi connectivity index (χ4n) is 3.23. The normalized spacial score (nSPS) is 27.3. The molecule has 116 valence electrons. The highest BCUT2D eigenvalue weighted by molar-refractivity contribution is 7.89. The minimum atomic E-state index is -3.50. The van der Waals surface area contributed by atoms with Gasteiger partial charge in [0.2, 0.25) is 10.0 Å². The smallest absolute Gasteiger partial charge is 0.243 e. The van der Waals surface area contributed by atoms with E-state index in [1.807, 2.05) is 6.92 Å². The predicted molar refractivity (Wildman–Crippen MR) is 82.1 cm³/mol. The molecule has 0 amide bonds. The topological polar surface area (TPSA) is 46.6 Å². The summed E-state index contributed by atoms with van der Waals surface area (Å²) in [6.07, 6.45) is 4.05. The van der Waals surface area contributed by atoms with Gasteiger partial charge in [0, 0.05) is 11.6 Å². The Balaban J connectivity index is 1.94. The Bertz CT molecular complexity index is 630. The molecule has 0 bridgehead atoms. The van der Waals surface area contributed by atoms with E-state index in [-0.39, 0.29) is 17.0 Å². The summed E-state index contributed by atoms with van der Waals surface area (Å²) >= 11 is 6.09. The number of halogens is 1. The number of aryl methyl sites for hydroxylation is 1. The van der Waals surface area contributed by atoms with Crippen LogP contribution in [-0.4, -0.2) is 38.0 Å². The lowest BCUT2D eigenvalue weighted by Gasteiger charge is -2.42. The number of benzene rings is 1. The van der Waals surface area contributed by atoms with Crippen molar-refractivity contribution in [3.05, 3.63) is 28.8 Å². The highest BCUT2D eigenvalue weighted by atomic mass is 35.5. The van der Waals surface area contributed by atoms with Crippen LogP contribution in [0.3, 0.4) is 0 Å². The zero-order chi connectivity index (χ0) is 15.0. The van der Waals surface area contributed by atoms with E-state index in [1.165, 1.54) is 0 Å². The van der Waals surface area contributed by atoms with Gasteiger partial charge < -0.3 is 4.74 Å². The Kier molecular flexibility index (Phi) is 4.28. The number of fused-ring (bicyclic) bond motifs is 1. The molecule has 1 saturated carbocycles. The van der Waals surface area contributed by atoms with Gasteiger partial charge in [0.1, 0.15) is 0 Å². The Hall–Kier alpha value is -0.620. The molecule has 1 aromatic rings. The van der Waals surface area contributed by atoms with E-state index < -0.39 is 10.0 Å². The van der Waals surface area contributed by atoms with Crippen LogP contribution in [0.4, 0.5) is 0 Å². The third kappa shape index (κ3) is 2.84. The second-order valence-electron chi connectivity index (χ2n) is 5.79. The lowest BCUT2D eigenvalue weighted by molar-refractivity contribution is -0.0586. The van der Waals surface area contributed by atoms with Gasteiger partial charge >= 0.3 is 0 Å². The van der Waals surface area contributed by atoms with Crippen LogP contribution in [0.1, 0.15) is 31.2 Å². The maximum Gasteiger partial charge on any atom is 0.243 e. The molecule has 2 fully saturated rings. The lowest BCUT2D eigenvalue weighted by atomic mass is 9.91. The van der Waals surface area contributed by atoms with Gasteiger partial charge in [-0.25, -0.2) is 8.42 Å². The van der Waals surface area contributed by atoms with E-state index in [2.05, 4.69) is 0 Å². The molecule has 2 aliphatic rings. The third-order valence-electron chi connectivity index (χ3n) is 4.43. The molecule has 3 rings (SSSR count). The first kappa shape index (κ1) is 15.3. The van der Waals surface area contributed by atoms with Crippen LogP contribution in [0.15, 0.2) is 23.1 Å². The molecule has 2 atom stereocenters. The van der Waals surface area contributed by atoms with Crippen molar-refractivity contribution in [2.45, 2.75) is 49.6 Å². The zero-order valence-electron chi connectivity index (χ0n) is 12.1. The number of sulfonamides is 1. The number of nitrogens with zero attached hydrogens (tertiary/aromatic N) is 1. The third-order valence-corrected chi connectivity index (χ3v) is 6.76. The van der Waals surface area contributed by atoms with Crippen LogP contribution in [0, 0.1) is 6.92 Å². The molecule has 2 unspecified atom stereocenters. The van der Waals surface area contributed by atoms with Crippen molar-refractivity contribution in [2.75, 3.05) is 13.2 Å². The number of hydrogen-bond acceptors (Lipinski definition) is 3. The molecule has 1 heterocycles. The number of rotatable bonds is 2. The number of ether oxygens (including phenoxy) is 1. The summed E-state index contributed by atoms with van der Waals surface area (Å²) in [5.41, 5.74) is 0.883. The van der Waals surface area contributed by atoms with E-state index in [1.54, 1.807) is 22.5 Å². The van der Waals surface area contributed by atoms with Crippen molar-refractivity contribution in [1.82, 2.24) is 4.31 Å². The van der Waals surface area contributed by atoms with Gasteiger partial charge in [-0.2, -0.15) is 4.31 Å². The van der Waals surface area contributed by atoms with Crippen LogP contribution in [-0.2, 0) is 14.8 Å². The molecule has 6 heteroatoms. The maximum atomic E-state index is 12.9. The van der Waals surface area contributed by atoms with Crippen molar-refractivity contribution in [3.8, 4) is 0 Å². The molecule has 21 heavy (non-hydrogen) atoms. The molecule has 4 nitrogen and oxygen atoms in total. The summed E-state index contributed by atoms with van der Waals surface area (Å²) in [5, 5.41) is 0.490. The minimum Gasteiger partial charge on any atom is -0.375 e. The summed E-state index contributed by atoms with van der Waals surface area (Å²) in [6.45, 7) is 2.76. The van der Waals surface area contributed by atoms with E-state index in [0.717, 1.165) is 31.2 Å². The van der Waals surface area contributed by atoms with Gasteiger partial charge in [0.25, 0.3) is 0 Å². The van der Waals surface area contributed by atoms with E-state index in [0.29, 0.717) is 18.2 Å². The predicted octanol–water partition coefficient (Wildman–Crippen LogP) is 2.98. The molecular weight excluding hydrogens is 310 g/mol. The van der Waals surface area contributed by atoms with Crippen LogP contribution in [0.2, 0.25) is 5.02 Å². The Labute approximate surface area is 131 Å². The van der Waals surface area contributed by atoms with Crippen LogP contribution < -0.4 is 0 Å². The van der Waals surface area contributed by atoms with Gasteiger partial charge in [-0.1, -0.05) is 30.5 Å². The summed E-state index contributed by atoms with van der Waals surface area (Å²) in [5.74, 6) is 0. The summed E-state index contributed by atoms with van der Waals surface area (Å²) in [6, 6.07) is 4.93. The summed E-state index contributed by atoms with van der Waals surface area (Å²) in [4.78, 5) is 0.282. The second kappa shape index (κ2) is 5.88. The van der Waals surface area contributed by atoms with Crippen LogP contribution in [0.25, 0.3) is 0 Å². The molecule has 0 N–H and O–H groups in total. The average Bonchev–Trinajstić information content (AvgIpc) is 2.49. The van der Waals surface area contributed by atoms with Crippen LogP contribution >= 0.6 is 11.6 Å². The highest BCUT2D eigenvalue weighted by Gasteiger charge is 2.40. The van der Waals surface area contributed by atoms with Crippen LogP contribution in [0.5, 0.6) is 0 Å². The largest absolute Gasteiger partial charge is 0.375 e. The number of hydrogen-bond donors (Lipinski definition) is 0. The van der Waals surface area contributed by atoms with Gasteiger partial charge in [-0.15, -0.1) is 0 Å². The molecular formula is C15H20ClNO3S. The van der Waals surface area contributed by atoms with Gasteiger partial charge in [0.05, 0.1) is 23.6 Å². The molecule has 0 aromatic heterocycles. The number of morpholine rings is 1. The average molecular weight is 330 g/mol. The lowest BCUT2D eigenvalue weighted by Crippen LogP contribution is -2.54. The molecule has 1 aliphatic heterocycles. The fraction of sp³-hybridized carbons (Fsp3) is 0.600. The monoisotopic (exact) mass is 329 g/mol. The van der Waals surface area contributed by atoms with Crippen molar-refractivity contribution in [1.29, 1.82) is 0 Å². The Morgan fingerprint density at radius 2 is 2.05 bits per heavy atom. The SMILES string of the molecule is Cc1ccc(S(=O)(=O)N2CCOC3CCCCC32)cc1Cl. The van der Waals surface area contributed by atoms with Gasteiger partial charge in [-0.3, -0.25) is 0 Å². The minimum absolute atomic E-state index is 0.0300. The molecule has 1 aromatic carbocycles. The fourth-order valence-corrected chi connectivity index (χ4v) is 5.16. The van der Waals surface area contributed by atoms with Crippen molar-refractivity contribution < 1.29 is 13.2 Å². The zero-order valence-corrected chi connectivity index (χ0v) is 13.7. The quantitative estimate of drug-likeness (QED) is 0.838. The molecule has 1 aliphatic carbocycles. The van der Waals surface area contributed by atoms with Gasteiger partial charge in [-0.05, 0) is 37.5 Å². The first-order chi connectivity index (χ1) is 10.00. The summed E-state index contributed by atoms with van der Waals surface area (Å²) in [7, 11) is -3.50. The first-order valence-corrected chi connectivity index (χ1v) is 9.21. The Morgan fingerprint density at radius 1 is 1.29 bits per heavy atom. The van der Waals surface area contributed by atoms with Gasteiger partial charge in [0.15, 0.2) is 0 Å². The van der Waals surface area contributed by atoms with Crippen molar-refractivity contribution in [3.63, 3.8) is 0 Å².